The quantitative estimate of drug-likeness (QED) is 0.502. The molecule has 2 fully saturated rings. The van der Waals surface area contributed by atoms with Gasteiger partial charge in [0.1, 0.15) is 23.1 Å². The second-order valence-electron chi connectivity index (χ2n) is 8.06. The Hall–Kier alpha value is -4.02. The zero-order chi connectivity index (χ0) is 24.1. The van der Waals surface area contributed by atoms with Crippen LogP contribution in [-0.4, -0.2) is 85.5 Å². The molecule has 178 valence electrons. The number of nitrogens with zero attached hydrogens (tertiary/aromatic N) is 6. The highest BCUT2D eigenvalue weighted by atomic mass is 19.1. The van der Waals surface area contributed by atoms with Gasteiger partial charge in [-0.15, -0.1) is 0 Å². The number of nitrogens with one attached hydrogen (secondary N) is 2. The molecule has 0 atom stereocenters. The van der Waals surface area contributed by atoms with Gasteiger partial charge in [-0.05, 0) is 30.7 Å². The molecule has 2 N–H and O–H groups in total. The van der Waals surface area contributed by atoms with Crippen LogP contribution >= 0.6 is 0 Å². The summed E-state index contributed by atoms with van der Waals surface area (Å²) in [6.07, 6.45) is 2.84. The number of urea groups is 1. The van der Waals surface area contributed by atoms with Crippen molar-refractivity contribution in [1.82, 2.24) is 14.8 Å². The highest BCUT2D eigenvalue weighted by molar-refractivity contribution is 6.14. The zero-order valence-electron chi connectivity index (χ0n) is 18.9. The summed E-state index contributed by atoms with van der Waals surface area (Å²) < 4.78 is 14.4. The summed E-state index contributed by atoms with van der Waals surface area (Å²) in [5.41, 5.74) is 2.71. The molecule has 2 saturated heterocycles. The summed E-state index contributed by atoms with van der Waals surface area (Å²) in [4.78, 5) is 37.4. The van der Waals surface area contributed by atoms with Gasteiger partial charge in [-0.1, -0.05) is 12.1 Å². The highest BCUT2D eigenvalue weighted by Gasteiger charge is 2.28. The minimum absolute atomic E-state index is 0.0127. The normalized spacial score (nSPS) is 16.8. The summed E-state index contributed by atoms with van der Waals surface area (Å²) in [5, 5.41) is 10.8. The lowest BCUT2D eigenvalue weighted by Gasteiger charge is -2.24. The minimum atomic E-state index is -0.590. The van der Waals surface area contributed by atoms with Gasteiger partial charge in [-0.2, -0.15) is 5.10 Å². The van der Waals surface area contributed by atoms with Crippen LogP contribution in [0, 0.1) is 11.2 Å². The Morgan fingerprint density at radius 3 is 2.65 bits per heavy atom. The second kappa shape index (κ2) is 10.3. The van der Waals surface area contributed by atoms with Crippen LogP contribution in [0.1, 0.15) is 16.8 Å². The molecule has 2 aromatic rings. The van der Waals surface area contributed by atoms with Crippen LogP contribution in [0.25, 0.3) is 0 Å². The van der Waals surface area contributed by atoms with Crippen molar-refractivity contribution in [3.63, 3.8) is 0 Å². The Kier molecular flexibility index (Phi) is 7.00. The number of aromatic nitrogens is 1. The number of halogens is 1. The number of carbonyl (C=O) groups excluding carboxylic acids is 2. The van der Waals surface area contributed by atoms with E-state index in [1.807, 2.05) is 18.2 Å². The highest BCUT2D eigenvalue weighted by Crippen LogP contribution is 2.24. The Balaban J connectivity index is 1.47. The molecule has 0 spiro atoms. The number of amides is 3. The third-order valence-electron chi connectivity index (χ3n) is 5.89. The van der Waals surface area contributed by atoms with Crippen LogP contribution in [0.2, 0.25) is 0 Å². The van der Waals surface area contributed by atoms with Gasteiger partial charge in [-0.3, -0.25) is 15.1 Å². The SMILES string of the molecule is CN1CCN(c2cccc(N3CCCN(C(=O)c4cccc(F)c4N/N=C\C=N)CC3)n2)C1=O. The minimum Gasteiger partial charge on any atom is -0.355 e. The van der Waals surface area contributed by atoms with Crippen LogP contribution in [0.3, 0.4) is 0 Å². The molecule has 11 heteroatoms. The summed E-state index contributed by atoms with van der Waals surface area (Å²) in [6.45, 7) is 3.48. The number of carbonyl (C=O) groups is 2. The molecule has 1 aromatic heterocycles. The fourth-order valence-electron chi connectivity index (χ4n) is 4.07. The van der Waals surface area contributed by atoms with E-state index in [1.54, 1.807) is 27.8 Å². The van der Waals surface area contributed by atoms with E-state index in [-0.39, 0.29) is 23.2 Å². The Morgan fingerprint density at radius 1 is 1.09 bits per heavy atom. The summed E-state index contributed by atoms with van der Waals surface area (Å²) in [5.74, 6) is 0.488. The molecule has 10 nitrogen and oxygen atoms in total. The fourth-order valence-corrected chi connectivity index (χ4v) is 4.07. The molecule has 34 heavy (non-hydrogen) atoms. The predicted molar refractivity (Wildman–Crippen MR) is 130 cm³/mol. The number of hydrazone groups is 1. The summed E-state index contributed by atoms with van der Waals surface area (Å²) in [7, 11) is 1.77. The van der Waals surface area contributed by atoms with Crippen LogP contribution in [0.4, 0.5) is 26.5 Å². The summed E-state index contributed by atoms with van der Waals surface area (Å²) in [6, 6.07) is 9.86. The van der Waals surface area contributed by atoms with E-state index in [1.165, 1.54) is 18.3 Å². The first-order valence-corrected chi connectivity index (χ1v) is 11.1. The van der Waals surface area contributed by atoms with Crippen molar-refractivity contribution in [3.8, 4) is 0 Å². The van der Waals surface area contributed by atoms with Crippen molar-refractivity contribution >= 4 is 41.7 Å². The smallest absolute Gasteiger partial charge is 0.325 e. The Morgan fingerprint density at radius 2 is 1.88 bits per heavy atom. The molecule has 3 amide bonds. The third-order valence-corrected chi connectivity index (χ3v) is 5.89. The van der Waals surface area contributed by atoms with Gasteiger partial charge in [0.05, 0.1) is 11.8 Å². The van der Waals surface area contributed by atoms with E-state index < -0.39 is 5.82 Å². The molecule has 4 rings (SSSR count). The zero-order valence-corrected chi connectivity index (χ0v) is 18.9. The molecular weight excluding hydrogens is 439 g/mol. The molecule has 0 unspecified atom stereocenters. The predicted octanol–water partition coefficient (Wildman–Crippen LogP) is 2.49. The van der Waals surface area contributed by atoms with Crippen molar-refractivity contribution in [2.45, 2.75) is 6.42 Å². The van der Waals surface area contributed by atoms with Gasteiger partial charge in [0.2, 0.25) is 0 Å². The second-order valence-corrected chi connectivity index (χ2v) is 8.06. The number of anilines is 3. The Labute approximate surface area is 197 Å². The summed E-state index contributed by atoms with van der Waals surface area (Å²) >= 11 is 0. The van der Waals surface area contributed by atoms with Gasteiger partial charge in [0.15, 0.2) is 0 Å². The molecule has 0 bridgehead atoms. The molecule has 2 aliphatic heterocycles. The number of hydrogen-bond acceptors (Lipinski definition) is 7. The lowest BCUT2D eigenvalue weighted by molar-refractivity contribution is 0.0767. The van der Waals surface area contributed by atoms with E-state index in [9.17, 15) is 14.0 Å². The van der Waals surface area contributed by atoms with Gasteiger partial charge >= 0.3 is 6.03 Å². The monoisotopic (exact) mass is 466 g/mol. The molecular formula is C23H27FN8O2. The maximum atomic E-state index is 14.4. The average Bonchev–Trinajstić information content (AvgIpc) is 3.03. The van der Waals surface area contributed by atoms with Gasteiger partial charge in [-0.25, -0.2) is 14.2 Å². The van der Waals surface area contributed by atoms with Crippen molar-refractivity contribution in [1.29, 1.82) is 5.41 Å². The number of hydrogen-bond donors (Lipinski definition) is 2. The average molecular weight is 467 g/mol. The number of para-hydroxylation sites is 1. The van der Waals surface area contributed by atoms with E-state index in [4.69, 9.17) is 10.4 Å². The van der Waals surface area contributed by atoms with Crippen LogP contribution in [0.15, 0.2) is 41.5 Å². The van der Waals surface area contributed by atoms with Crippen LogP contribution in [0.5, 0.6) is 0 Å². The van der Waals surface area contributed by atoms with E-state index in [0.29, 0.717) is 51.5 Å². The topological polar surface area (TPSA) is 108 Å². The van der Waals surface area contributed by atoms with Crippen molar-refractivity contribution in [2.75, 3.05) is 61.5 Å². The number of benzene rings is 1. The molecule has 0 radical (unpaired) electrons. The fraction of sp³-hybridized carbons (Fsp3) is 0.348. The molecule has 3 heterocycles. The maximum absolute atomic E-state index is 14.4. The third kappa shape index (κ3) is 4.82. The molecule has 2 aliphatic rings. The number of rotatable bonds is 6. The maximum Gasteiger partial charge on any atom is 0.325 e. The molecule has 0 aliphatic carbocycles. The van der Waals surface area contributed by atoms with E-state index in [0.717, 1.165) is 12.0 Å². The van der Waals surface area contributed by atoms with Gasteiger partial charge < -0.3 is 20.1 Å². The van der Waals surface area contributed by atoms with E-state index in [2.05, 4.69) is 15.4 Å². The largest absolute Gasteiger partial charge is 0.355 e. The number of likely N-dealkylation sites (N-methyl/N-ethyl adjacent to an activating group) is 1. The van der Waals surface area contributed by atoms with Crippen LogP contribution in [-0.2, 0) is 0 Å². The standard InChI is InChI=1S/C23H27FN8O2/c1-29-13-16-32(23(29)34)20-8-3-7-19(27-20)30-11-4-12-31(15-14-30)22(33)17-5-2-6-18(24)21(17)28-26-10-9-25/h2-3,5-10,25,28H,4,11-16H2,1H3/b25-9?,26-10-. The number of pyridine rings is 1. The Bertz CT molecular complexity index is 1110. The van der Waals surface area contributed by atoms with Crippen molar-refractivity contribution < 1.29 is 14.0 Å². The van der Waals surface area contributed by atoms with Gasteiger partial charge in [0, 0.05) is 52.5 Å². The van der Waals surface area contributed by atoms with Gasteiger partial charge in [0.25, 0.3) is 5.91 Å². The van der Waals surface area contributed by atoms with Crippen LogP contribution < -0.4 is 15.2 Å². The first kappa shape index (κ1) is 23.1. The molecule has 0 saturated carbocycles. The first-order valence-electron chi connectivity index (χ1n) is 11.1. The van der Waals surface area contributed by atoms with Crippen molar-refractivity contribution in [3.05, 3.63) is 47.8 Å². The van der Waals surface area contributed by atoms with Crippen molar-refractivity contribution in [2.24, 2.45) is 5.10 Å². The first-order chi connectivity index (χ1) is 16.5. The lowest BCUT2D eigenvalue weighted by Crippen LogP contribution is -2.36. The van der Waals surface area contributed by atoms with E-state index >= 15 is 0 Å². The molecule has 1 aromatic carbocycles. The lowest BCUT2D eigenvalue weighted by atomic mass is 10.1.